The first-order valence-corrected chi connectivity index (χ1v) is 8.67. The van der Waals surface area contributed by atoms with Gasteiger partial charge in [0.05, 0.1) is 19.9 Å². The van der Waals surface area contributed by atoms with Gasteiger partial charge in [0.25, 0.3) is 0 Å². The average molecular weight is 364 g/mol. The van der Waals surface area contributed by atoms with Gasteiger partial charge in [-0.05, 0) is 44.5 Å². The van der Waals surface area contributed by atoms with Crippen LogP contribution in [0.25, 0.3) is 0 Å². The second kappa shape index (κ2) is 7.95. The lowest BCUT2D eigenvalue weighted by atomic mass is 10.1. The van der Waals surface area contributed by atoms with Crippen molar-refractivity contribution in [3.63, 3.8) is 0 Å². The Morgan fingerprint density at radius 1 is 0.778 bits per heavy atom. The van der Waals surface area contributed by atoms with Crippen molar-refractivity contribution in [3.8, 4) is 11.5 Å². The molecule has 27 heavy (non-hydrogen) atoms. The van der Waals surface area contributed by atoms with E-state index in [1.165, 1.54) is 5.56 Å². The lowest BCUT2D eigenvalue weighted by molar-refractivity contribution is 0.395. The van der Waals surface area contributed by atoms with Crippen LogP contribution in [0.3, 0.4) is 0 Å². The Morgan fingerprint density at radius 2 is 1.56 bits per heavy atom. The summed E-state index contributed by atoms with van der Waals surface area (Å²) < 4.78 is 10.7. The molecule has 0 bridgehead atoms. The number of nitrogens with zero attached hydrogens (tertiary/aromatic N) is 2. The first kappa shape index (κ1) is 18.5. The molecule has 0 fully saturated rings. The molecule has 0 saturated carbocycles. The molecule has 2 aromatic carbocycles. The number of rotatable bonds is 6. The van der Waals surface area contributed by atoms with Crippen LogP contribution in [0.5, 0.6) is 11.5 Å². The standard InChI is InChI=1S/C21H24N4O2/c1-13-6-8-17(14(2)10-13)24-21-22-15(3)11-20(25-21)23-18-9-7-16(26-4)12-19(18)27-5/h6-12H,1-5H3,(H2,22,23,24,25). The van der Waals surface area contributed by atoms with Gasteiger partial charge >= 0.3 is 0 Å². The summed E-state index contributed by atoms with van der Waals surface area (Å²) in [5.74, 6) is 2.62. The maximum absolute atomic E-state index is 5.44. The van der Waals surface area contributed by atoms with E-state index in [2.05, 4.69) is 46.6 Å². The molecule has 1 aromatic heterocycles. The molecule has 140 valence electrons. The van der Waals surface area contributed by atoms with Crippen molar-refractivity contribution in [1.29, 1.82) is 0 Å². The van der Waals surface area contributed by atoms with Crippen LogP contribution < -0.4 is 20.1 Å². The molecular weight excluding hydrogens is 340 g/mol. The molecule has 3 rings (SSSR count). The van der Waals surface area contributed by atoms with Crippen molar-refractivity contribution in [1.82, 2.24) is 9.97 Å². The fourth-order valence-electron chi connectivity index (χ4n) is 2.80. The molecular formula is C21H24N4O2. The Labute approximate surface area is 159 Å². The summed E-state index contributed by atoms with van der Waals surface area (Å²) >= 11 is 0. The Morgan fingerprint density at radius 3 is 2.26 bits per heavy atom. The molecule has 3 aromatic rings. The van der Waals surface area contributed by atoms with Gasteiger partial charge < -0.3 is 20.1 Å². The number of benzene rings is 2. The summed E-state index contributed by atoms with van der Waals surface area (Å²) in [6.07, 6.45) is 0. The molecule has 2 N–H and O–H groups in total. The third-order valence-corrected chi connectivity index (χ3v) is 4.15. The normalized spacial score (nSPS) is 10.4. The smallest absolute Gasteiger partial charge is 0.229 e. The zero-order valence-electron chi connectivity index (χ0n) is 16.3. The van der Waals surface area contributed by atoms with E-state index in [-0.39, 0.29) is 0 Å². The van der Waals surface area contributed by atoms with Gasteiger partial charge in [-0.15, -0.1) is 0 Å². The van der Waals surface area contributed by atoms with Gasteiger partial charge in [0.15, 0.2) is 0 Å². The van der Waals surface area contributed by atoms with Gasteiger partial charge in [-0.25, -0.2) is 4.98 Å². The van der Waals surface area contributed by atoms with Crippen molar-refractivity contribution in [2.45, 2.75) is 20.8 Å². The fourth-order valence-corrected chi connectivity index (χ4v) is 2.80. The second-order valence-corrected chi connectivity index (χ2v) is 6.35. The quantitative estimate of drug-likeness (QED) is 0.648. The van der Waals surface area contributed by atoms with E-state index in [1.54, 1.807) is 14.2 Å². The fraction of sp³-hybridized carbons (Fsp3) is 0.238. The molecule has 6 heteroatoms. The van der Waals surface area contributed by atoms with Gasteiger partial charge in [0.1, 0.15) is 17.3 Å². The molecule has 0 amide bonds. The highest BCUT2D eigenvalue weighted by Gasteiger charge is 2.09. The lowest BCUT2D eigenvalue weighted by Gasteiger charge is -2.14. The summed E-state index contributed by atoms with van der Waals surface area (Å²) in [7, 11) is 3.25. The largest absolute Gasteiger partial charge is 0.497 e. The molecule has 0 unspecified atom stereocenters. The average Bonchev–Trinajstić information content (AvgIpc) is 2.64. The predicted octanol–water partition coefficient (Wildman–Crippen LogP) is 4.91. The van der Waals surface area contributed by atoms with Crippen molar-refractivity contribution < 1.29 is 9.47 Å². The zero-order chi connectivity index (χ0) is 19.4. The Bertz CT molecular complexity index is 957. The highest BCUT2D eigenvalue weighted by Crippen LogP contribution is 2.31. The first-order valence-electron chi connectivity index (χ1n) is 8.67. The monoisotopic (exact) mass is 364 g/mol. The summed E-state index contributed by atoms with van der Waals surface area (Å²) in [6.45, 7) is 6.07. The van der Waals surface area contributed by atoms with Crippen LogP contribution in [-0.2, 0) is 0 Å². The number of hydrogen-bond acceptors (Lipinski definition) is 6. The van der Waals surface area contributed by atoms with Crippen LogP contribution in [-0.4, -0.2) is 24.2 Å². The topological polar surface area (TPSA) is 68.3 Å². The summed E-state index contributed by atoms with van der Waals surface area (Å²) in [5.41, 5.74) is 5.00. The van der Waals surface area contributed by atoms with Crippen molar-refractivity contribution in [2.24, 2.45) is 0 Å². The SMILES string of the molecule is COc1ccc(Nc2cc(C)nc(Nc3ccc(C)cc3C)n2)c(OC)c1. The minimum Gasteiger partial charge on any atom is -0.497 e. The maximum atomic E-state index is 5.44. The molecule has 0 aliphatic carbocycles. The highest BCUT2D eigenvalue weighted by molar-refractivity contribution is 5.67. The minimum absolute atomic E-state index is 0.539. The second-order valence-electron chi connectivity index (χ2n) is 6.35. The van der Waals surface area contributed by atoms with Crippen LogP contribution in [0, 0.1) is 20.8 Å². The molecule has 0 saturated heterocycles. The van der Waals surface area contributed by atoms with Gasteiger partial charge in [-0.1, -0.05) is 17.7 Å². The third-order valence-electron chi connectivity index (χ3n) is 4.15. The summed E-state index contributed by atoms with van der Waals surface area (Å²) in [4.78, 5) is 9.08. The summed E-state index contributed by atoms with van der Waals surface area (Å²) in [5, 5.41) is 6.59. The van der Waals surface area contributed by atoms with Crippen LogP contribution in [0.4, 0.5) is 23.1 Å². The number of anilines is 4. The van der Waals surface area contributed by atoms with E-state index in [4.69, 9.17) is 9.47 Å². The minimum atomic E-state index is 0.539. The van der Waals surface area contributed by atoms with Crippen LogP contribution in [0.2, 0.25) is 0 Å². The maximum Gasteiger partial charge on any atom is 0.229 e. The van der Waals surface area contributed by atoms with Crippen LogP contribution in [0.15, 0.2) is 42.5 Å². The predicted molar refractivity (Wildman–Crippen MR) is 109 cm³/mol. The van der Waals surface area contributed by atoms with Crippen molar-refractivity contribution in [3.05, 3.63) is 59.3 Å². The van der Waals surface area contributed by atoms with Gasteiger partial charge in [0, 0.05) is 23.5 Å². The van der Waals surface area contributed by atoms with Gasteiger partial charge in [0.2, 0.25) is 5.95 Å². The molecule has 0 spiro atoms. The highest BCUT2D eigenvalue weighted by atomic mass is 16.5. The number of nitrogens with one attached hydrogen (secondary N) is 2. The number of aryl methyl sites for hydroxylation is 3. The Hall–Kier alpha value is -3.28. The van der Waals surface area contributed by atoms with E-state index >= 15 is 0 Å². The molecule has 6 nitrogen and oxygen atoms in total. The summed E-state index contributed by atoms with van der Waals surface area (Å²) in [6, 6.07) is 13.7. The van der Waals surface area contributed by atoms with E-state index in [0.29, 0.717) is 17.5 Å². The molecule has 0 radical (unpaired) electrons. The number of ether oxygens (including phenoxy) is 2. The van der Waals surface area contributed by atoms with Crippen molar-refractivity contribution in [2.75, 3.05) is 24.9 Å². The van der Waals surface area contributed by atoms with E-state index in [0.717, 1.165) is 28.4 Å². The number of methoxy groups -OCH3 is 2. The Balaban J connectivity index is 1.87. The van der Waals surface area contributed by atoms with E-state index in [1.807, 2.05) is 37.3 Å². The van der Waals surface area contributed by atoms with Gasteiger partial charge in [-0.3, -0.25) is 0 Å². The number of hydrogen-bond donors (Lipinski definition) is 2. The van der Waals surface area contributed by atoms with E-state index in [9.17, 15) is 0 Å². The van der Waals surface area contributed by atoms with E-state index < -0.39 is 0 Å². The van der Waals surface area contributed by atoms with Gasteiger partial charge in [-0.2, -0.15) is 4.98 Å². The van der Waals surface area contributed by atoms with Crippen molar-refractivity contribution >= 4 is 23.1 Å². The molecule has 0 atom stereocenters. The third kappa shape index (κ3) is 4.47. The zero-order valence-corrected chi connectivity index (χ0v) is 16.3. The molecule has 1 heterocycles. The van der Waals surface area contributed by atoms with Crippen LogP contribution in [0.1, 0.15) is 16.8 Å². The number of aromatic nitrogens is 2. The molecule has 0 aliphatic rings. The first-order chi connectivity index (χ1) is 13.0. The lowest BCUT2D eigenvalue weighted by Crippen LogP contribution is -2.04. The molecule has 0 aliphatic heterocycles. The van der Waals surface area contributed by atoms with Crippen LogP contribution >= 0.6 is 0 Å². The Kier molecular flexibility index (Phi) is 5.45.